The van der Waals surface area contributed by atoms with Gasteiger partial charge in [0.2, 0.25) is 5.91 Å². The Hall–Kier alpha value is -2.67. The Morgan fingerprint density at radius 2 is 2.00 bits per heavy atom. The number of hydrogen-bond acceptors (Lipinski definition) is 5. The maximum absolute atomic E-state index is 12.4. The first-order chi connectivity index (χ1) is 13.7. The highest BCUT2D eigenvalue weighted by Crippen LogP contribution is 2.33. The third kappa shape index (κ3) is 4.25. The van der Waals surface area contributed by atoms with E-state index in [1.165, 1.54) is 16.0 Å². The number of rotatable bonds is 6. The fourth-order valence-corrected chi connectivity index (χ4v) is 4.67. The second kappa shape index (κ2) is 8.56. The molecule has 1 aliphatic rings. The molecule has 1 aromatic carbocycles. The third-order valence-corrected chi connectivity index (χ3v) is 6.30. The molecule has 2 amide bonds. The van der Waals surface area contributed by atoms with Gasteiger partial charge < -0.3 is 14.6 Å². The summed E-state index contributed by atoms with van der Waals surface area (Å²) in [5.41, 5.74) is 1.07. The van der Waals surface area contributed by atoms with Gasteiger partial charge in [-0.05, 0) is 43.5 Å². The molecular weight excluding hydrogens is 374 g/mol. The summed E-state index contributed by atoms with van der Waals surface area (Å²) >= 11 is 1.77. The lowest BCUT2D eigenvalue weighted by Crippen LogP contribution is -2.38. The zero-order valence-corrected chi connectivity index (χ0v) is 16.4. The summed E-state index contributed by atoms with van der Waals surface area (Å²) in [5, 5.41) is 3.96. The molecule has 0 saturated carbocycles. The molecule has 1 N–H and O–H groups in total. The van der Waals surface area contributed by atoms with Crippen molar-refractivity contribution >= 4 is 33.4 Å². The number of fused-ring (bicyclic) bond motifs is 1. The van der Waals surface area contributed by atoms with Crippen molar-refractivity contribution in [2.75, 3.05) is 19.6 Å². The normalized spacial score (nSPS) is 15.1. The molecule has 2 aromatic heterocycles. The van der Waals surface area contributed by atoms with Crippen LogP contribution in [0.2, 0.25) is 0 Å². The fourth-order valence-electron chi connectivity index (χ4n) is 3.54. The number of benzene rings is 1. The van der Waals surface area contributed by atoms with Gasteiger partial charge in [0.25, 0.3) is 5.91 Å². The number of thiazole rings is 1. The topological polar surface area (TPSA) is 75.4 Å². The Labute approximate surface area is 167 Å². The number of aromatic nitrogens is 1. The highest BCUT2D eigenvalue weighted by atomic mass is 32.1. The van der Waals surface area contributed by atoms with E-state index in [4.69, 9.17) is 9.40 Å². The largest absolute Gasteiger partial charge is 0.459 e. The molecule has 0 unspecified atom stereocenters. The Bertz CT molecular complexity index is 910. The first-order valence-electron chi connectivity index (χ1n) is 9.65. The van der Waals surface area contributed by atoms with Crippen LogP contribution >= 0.6 is 11.3 Å². The minimum absolute atomic E-state index is 0.162. The first kappa shape index (κ1) is 18.7. The van der Waals surface area contributed by atoms with Crippen LogP contribution in [0.1, 0.15) is 47.2 Å². The van der Waals surface area contributed by atoms with Crippen LogP contribution in [0.3, 0.4) is 0 Å². The number of amides is 2. The molecule has 1 aliphatic heterocycles. The minimum atomic E-state index is -0.242. The van der Waals surface area contributed by atoms with E-state index in [0.717, 1.165) is 31.4 Å². The van der Waals surface area contributed by atoms with Crippen molar-refractivity contribution in [3.63, 3.8) is 0 Å². The van der Waals surface area contributed by atoms with E-state index in [1.54, 1.807) is 23.5 Å². The maximum Gasteiger partial charge on any atom is 0.286 e. The molecule has 6 nitrogen and oxygen atoms in total. The second-order valence-electron chi connectivity index (χ2n) is 7.01. The van der Waals surface area contributed by atoms with Crippen molar-refractivity contribution < 1.29 is 14.0 Å². The molecule has 0 spiro atoms. The molecule has 146 valence electrons. The van der Waals surface area contributed by atoms with Gasteiger partial charge in [-0.1, -0.05) is 12.1 Å². The number of likely N-dealkylation sites (tertiary alicyclic amines) is 1. The van der Waals surface area contributed by atoms with Gasteiger partial charge in [0.1, 0.15) is 0 Å². The Morgan fingerprint density at radius 1 is 1.18 bits per heavy atom. The fraction of sp³-hybridized carbons (Fsp3) is 0.381. The van der Waals surface area contributed by atoms with Gasteiger partial charge in [-0.3, -0.25) is 9.59 Å². The van der Waals surface area contributed by atoms with Gasteiger partial charge in [-0.15, -0.1) is 11.3 Å². The highest BCUT2D eigenvalue weighted by molar-refractivity contribution is 7.18. The zero-order chi connectivity index (χ0) is 19.3. The number of piperidine rings is 1. The minimum Gasteiger partial charge on any atom is -0.459 e. The van der Waals surface area contributed by atoms with Gasteiger partial charge in [0, 0.05) is 32.0 Å². The predicted octanol–water partition coefficient (Wildman–Crippen LogP) is 3.81. The molecule has 28 heavy (non-hydrogen) atoms. The number of furan rings is 1. The van der Waals surface area contributed by atoms with Crippen LogP contribution in [0.4, 0.5) is 0 Å². The van der Waals surface area contributed by atoms with Crippen molar-refractivity contribution in [1.82, 2.24) is 15.2 Å². The number of carbonyl (C=O) groups excluding carboxylic acids is 2. The number of para-hydroxylation sites is 1. The van der Waals surface area contributed by atoms with Crippen molar-refractivity contribution in [3.05, 3.63) is 53.4 Å². The van der Waals surface area contributed by atoms with Gasteiger partial charge in [-0.25, -0.2) is 4.98 Å². The summed E-state index contributed by atoms with van der Waals surface area (Å²) in [6.07, 6.45) is 4.46. The van der Waals surface area contributed by atoms with E-state index in [-0.39, 0.29) is 11.8 Å². The van der Waals surface area contributed by atoms with Crippen LogP contribution in [0.15, 0.2) is 47.1 Å². The molecule has 4 rings (SSSR count). The van der Waals surface area contributed by atoms with E-state index in [2.05, 4.69) is 17.4 Å². The SMILES string of the molecule is O=C(NCCCC(=O)N1CCC(c2nc3ccccc3s2)CC1)c1ccco1. The van der Waals surface area contributed by atoms with Crippen LogP contribution < -0.4 is 5.32 Å². The average molecular weight is 398 g/mol. The Kier molecular flexibility index (Phi) is 5.71. The van der Waals surface area contributed by atoms with E-state index in [9.17, 15) is 9.59 Å². The zero-order valence-electron chi connectivity index (χ0n) is 15.6. The summed E-state index contributed by atoms with van der Waals surface area (Å²) in [5.74, 6) is 0.654. The molecule has 0 bridgehead atoms. The van der Waals surface area contributed by atoms with Gasteiger partial charge in [-0.2, -0.15) is 0 Å². The molecule has 0 aliphatic carbocycles. The Morgan fingerprint density at radius 3 is 2.75 bits per heavy atom. The summed E-state index contributed by atoms with van der Waals surface area (Å²) in [6, 6.07) is 11.5. The number of nitrogens with one attached hydrogen (secondary N) is 1. The smallest absolute Gasteiger partial charge is 0.286 e. The first-order valence-corrected chi connectivity index (χ1v) is 10.5. The van der Waals surface area contributed by atoms with Gasteiger partial charge in [0.05, 0.1) is 21.5 Å². The summed E-state index contributed by atoms with van der Waals surface area (Å²) in [4.78, 5) is 30.9. The highest BCUT2D eigenvalue weighted by Gasteiger charge is 2.25. The van der Waals surface area contributed by atoms with Gasteiger partial charge in [0.15, 0.2) is 5.76 Å². The average Bonchev–Trinajstić information content (AvgIpc) is 3.41. The third-order valence-electron chi connectivity index (χ3n) is 5.11. The lowest BCUT2D eigenvalue weighted by molar-refractivity contribution is -0.132. The van der Waals surface area contributed by atoms with Crippen molar-refractivity contribution in [2.45, 2.75) is 31.6 Å². The number of hydrogen-bond donors (Lipinski definition) is 1. The molecule has 0 radical (unpaired) electrons. The molecule has 1 saturated heterocycles. The van der Waals surface area contributed by atoms with E-state index < -0.39 is 0 Å². The number of nitrogens with zero attached hydrogens (tertiary/aromatic N) is 2. The molecule has 0 atom stereocenters. The lowest BCUT2D eigenvalue weighted by atomic mass is 9.97. The molecule has 7 heteroatoms. The van der Waals surface area contributed by atoms with Crippen molar-refractivity contribution in [3.8, 4) is 0 Å². The van der Waals surface area contributed by atoms with Crippen LogP contribution in [-0.4, -0.2) is 41.3 Å². The van der Waals surface area contributed by atoms with Crippen LogP contribution in [-0.2, 0) is 4.79 Å². The van der Waals surface area contributed by atoms with Gasteiger partial charge >= 0.3 is 0 Å². The quantitative estimate of drug-likeness (QED) is 0.642. The molecular formula is C21H23N3O3S. The molecule has 3 heterocycles. The molecule has 3 aromatic rings. The predicted molar refractivity (Wildman–Crippen MR) is 108 cm³/mol. The number of carbonyl (C=O) groups is 2. The monoisotopic (exact) mass is 397 g/mol. The molecule has 1 fully saturated rings. The summed E-state index contributed by atoms with van der Waals surface area (Å²) in [6.45, 7) is 2.02. The van der Waals surface area contributed by atoms with E-state index >= 15 is 0 Å². The summed E-state index contributed by atoms with van der Waals surface area (Å²) < 4.78 is 6.27. The van der Waals surface area contributed by atoms with Crippen molar-refractivity contribution in [1.29, 1.82) is 0 Å². The van der Waals surface area contributed by atoms with Crippen molar-refractivity contribution in [2.24, 2.45) is 0 Å². The van der Waals surface area contributed by atoms with Crippen LogP contribution in [0, 0.1) is 0 Å². The standard InChI is InChI=1S/C21H23N3O3S/c25-19(8-3-11-22-20(26)17-6-4-14-27-17)24-12-9-15(10-13-24)21-23-16-5-1-2-7-18(16)28-21/h1-2,4-7,14-15H,3,8-13H2,(H,22,26). The maximum atomic E-state index is 12.4. The Balaban J connectivity index is 1.20. The summed E-state index contributed by atoms with van der Waals surface area (Å²) in [7, 11) is 0. The van der Waals surface area contributed by atoms with Crippen LogP contribution in [0.5, 0.6) is 0 Å². The van der Waals surface area contributed by atoms with E-state index in [0.29, 0.717) is 31.1 Å². The van der Waals surface area contributed by atoms with E-state index in [1.807, 2.05) is 17.0 Å². The lowest BCUT2D eigenvalue weighted by Gasteiger charge is -2.31. The second-order valence-corrected chi connectivity index (χ2v) is 8.07. The van der Waals surface area contributed by atoms with Crippen LogP contribution in [0.25, 0.3) is 10.2 Å².